The van der Waals surface area contributed by atoms with Crippen molar-refractivity contribution in [2.75, 3.05) is 13.2 Å². The molecule has 0 aromatic carbocycles. The predicted molar refractivity (Wildman–Crippen MR) is 90.8 cm³/mol. The molecule has 0 aromatic rings. The monoisotopic (exact) mass is 346 g/mol. The highest BCUT2D eigenvalue weighted by molar-refractivity contribution is 5.84. The van der Waals surface area contributed by atoms with Crippen LogP contribution in [0.2, 0.25) is 0 Å². The normalized spacial score (nSPS) is 11.3. The van der Waals surface area contributed by atoms with Gasteiger partial charge in [0.1, 0.15) is 0 Å². The maximum Gasteiger partial charge on any atom is 0.332 e. The van der Waals surface area contributed by atoms with Gasteiger partial charge in [-0.2, -0.15) is 0 Å². The summed E-state index contributed by atoms with van der Waals surface area (Å²) in [6.45, 7) is 10.4. The average molecular weight is 346 g/mol. The number of rotatable bonds is 7. The number of hydrogen-bond donors (Lipinski definition) is 2. The maximum atomic E-state index is 10.9. The Labute approximate surface area is 144 Å². The Balaban J connectivity index is -0.000000372. The number of ether oxygens (including phenoxy) is 2. The van der Waals surface area contributed by atoms with Gasteiger partial charge < -0.3 is 20.1 Å². The summed E-state index contributed by atoms with van der Waals surface area (Å²) >= 11 is 0. The van der Waals surface area contributed by atoms with Crippen LogP contribution >= 0.6 is 0 Å². The zero-order chi connectivity index (χ0) is 19.1. The molecular weight excluding hydrogens is 316 g/mol. The number of allylic oxidation sites excluding steroid dienone is 1. The molecule has 0 aromatic heterocycles. The van der Waals surface area contributed by atoms with Gasteiger partial charge in [0, 0.05) is 33.1 Å². The van der Waals surface area contributed by atoms with Gasteiger partial charge in [0.2, 0.25) is 11.8 Å². The molecule has 140 valence electrons. The highest BCUT2D eigenvalue weighted by Gasteiger charge is 2.09. The molecular formula is C16H30N2O6. The molecule has 24 heavy (non-hydrogen) atoms. The molecule has 0 heterocycles. The van der Waals surface area contributed by atoms with Crippen LogP contribution in [0.4, 0.5) is 0 Å². The first-order valence-electron chi connectivity index (χ1n) is 7.67. The van der Waals surface area contributed by atoms with Crippen molar-refractivity contribution in [3.8, 4) is 0 Å². The van der Waals surface area contributed by atoms with Crippen LogP contribution in [0.3, 0.4) is 0 Å². The molecule has 8 nitrogen and oxygen atoms in total. The van der Waals surface area contributed by atoms with Gasteiger partial charge in [-0.15, -0.1) is 0 Å². The largest absolute Gasteiger partial charge is 0.466 e. The second kappa shape index (κ2) is 14.2. The van der Waals surface area contributed by atoms with E-state index in [1.807, 2.05) is 0 Å². The minimum atomic E-state index is -0.441. The van der Waals surface area contributed by atoms with E-state index in [4.69, 9.17) is 4.74 Å². The van der Waals surface area contributed by atoms with Crippen LogP contribution in [-0.2, 0) is 28.7 Å². The van der Waals surface area contributed by atoms with Crippen LogP contribution in [0.25, 0.3) is 0 Å². The molecule has 2 amide bonds. The third-order valence-electron chi connectivity index (χ3n) is 2.22. The SMILES string of the molecule is CCOC(=O)/C=C(/C)NC(C)=O.CCOC(=O)CC(C)NC(C)=O.[HH]. The molecule has 0 saturated carbocycles. The van der Waals surface area contributed by atoms with Crippen molar-refractivity contribution in [3.05, 3.63) is 11.8 Å². The van der Waals surface area contributed by atoms with E-state index in [1.54, 1.807) is 27.7 Å². The number of carbonyl (C=O) groups excluding carboxylic acids is 4. The third kappa shape index (κ3) is 17.7. The first-order chi connectivity index (χ1) is 11.1. The van der Waals surface area contributed by atoms with Gasteiger partial charge in [0.05, 0.1) is 19.6 Å². The molecule has 0 aliphatic heterocycles. The number of nitrogens with one attached hydrogen (secondary N) is 2. The molecule has 2 N–H and O–H groups in total. The standard InChI is InChI=1S/C8H15NO3.C8H13NO3.H2/c2*1-4-12-8(11)5-6(2)9-7(3)10;/h6H,4-5H2,1-3H3,(H,9,10);5H,4H2,1-3H3,(H,9,10);1H/b;6-5-;. The predicted octanol–water partition coefficient (Wildman–Crippen LogP) is 1.30. The Kier molecular flexibility index (Phi) is 14.2. The molecule has 0 radical (unpaired) electrons. The number of hydrogen-bond acceptors (Lipinski definition) is 6. The number of esters is 2. The van der Waals surface area contributed by atoms with Crippen LogP contribution in [0.1, 0.15) is 49.4 Å². The molecule has 1 atom stereocenters. The maximum absolute atomic E-state index is 10.9. The number of carbonyl (C=O) groups is 4. The van der Waals surface area contributed by atoms with Crippen LogP contribution < -0.4 is 10.6 Å². The van der Waals surface area contributed by atoms with Crippen molar-refractivity contribution in [2.24, 2.45) is 0 Å². The second-order valence-electron chi connectivity index (χ2n) is 4.87. The van der Waals surface area contributed by atoms with E-state index >= 15 is 0 Å². The van der Waals surface area contributed by atoms with Crippen molar-refractivity contribution in [1.82, 2.24) is 10.6 Å². The summed E-state index contributed by atoms with van der Waals surface area (Å²) < 4.78 is 9.33. The van der Waals surface area contributed by atoms with E-state index in [2.05, 4.69) is 15.4 Å². The van der Waals surface area contributed by atoms with Gasteiger partial charge in [-0.1, -0.05) is 0 Å². The highest BCUT2D eigenvalue weighted by atomic mass is 16.5. The molecule has 0 fully saturated rings. The summed E-state index contributed by atoms with van der Waals surface area (Å²) in [4.78, 5) is 42.7. The van der Waals surface area contributed by atoms with Crippen molar-refractivity contribution in [2.45, 2.75) is 54.0 Å². The van der Waals surface area contributed by atoms with Crippen LogP contribution in [-0.4, -0.2) is 43.0 Å². The van der Waals surface area contributed by atoms with Gasteiger partial charge >= 0.3 is 11.9 Å². The summed E-state index contributed by atoms with van der Waals surface area (Å²) in [5, 5.41) is 5.05. The molecule has 0 aliphatic rings. The fourth-order valence-electron chi connectivity index (χ4n) is 1.54. The second-order valence-corrected chi connectivity index (χ2v) is 4.87. The van der Waals surface area contributed by atoms with Gasteiger partial charge in [0.25, 0.3) is 0 Å². The zero-order valence-electron chi connectivity index (χ0n) is 15.2. The third-order valence-corrected chi connectivity index (χ3v) is 2.22. The number of amides is 2. The molecule has 1 unspecified atom stereocenters. The van der Waals surface area contributed by atoms with E-state index in [1.165, 1.54) is 19.9 Å². The van der Waals surface area contributed by atoms with Crippen LogP contribution in [0.5, 0.6) is 0 Å². The van der Waals surface area contributed by atoms with E-state index in [0.29, 0.717) is 18.9 Å². The minimum Gasteiger partial charge on any atom is -0.466 e. The molecule has 8 heteroatoms. The van der Waals surface area contributed by atoms with Gasteiger partial charge in [-0.25, -0.2) is 4.79 Å². The Morgan fingerprint density at radius 3 is 1.96 bits per heavy atom. The Morgan fingerprint density at radius 2 is 1.54 bits per heavy atom. The summed E-state index contributed by atoms with van der Waals surface area (Å²) in [5.41, 5.74) is 0.487. The van der Waals surface area contributed by atoms with E-state index in [-0.39, 0.29) is 31.7 Å². The summed E-state index contributed by atoms with van der Waals surface area (Å²) in [5.74, 6) is -1.05. The quantitative estimate of drug-likeness (QED) is 0.531. The first kappa shape index (κ1) is 23.9. The van der Waals surface area contributed by atoms with Crippen molar-refractivity contribution < 1.29 is 30.1 Å². The highest BCUT2D eigenvalue weighted by Crippen LogP contribution is 1.93. The lowest BCUT2D eigenvalue weighted by atomic mass is 10.2. The topological polar surface area (TPSA) is 111 Å². The molecule has 0 spiro atoms. The smallest absolute Gasteiger partial charge is 0.332 e. The summed E-state index contributed by atoms with van der Waals surface area (Å²) in [6, 6.07) is -0.151. The zero-order valence-corrected chi connectivity index (χ0v) is 15.2. The van der Waals surface area contributed by atoms with E-state index < -0.39 is 5.97 Å². The molecule has 0 rings (SSSR count). The van der Waals surface area contributed by atoms with Crippen LogP contribution in [0.15, 0.2) is 11.8 Å². The van der Waals surface area contributed by atoms with Crippen LogP contribution in [0, 0.1) is 0 Å². The molecule has 0 saturated heterocycles. The summed E-state index contributed by atoms with van der Waals surface area (Å²) in [7, 11) is 0. The fraction of sp³-hybridized carbons (Fsp3) is 0.625. The average Bonchev–Trinajstić information content (AvgIpc) is 2.37. The minimum absolute atomic E-state index is 0. The fourth-order valence-corrected chi connectivity index (χ4v) is 1.54. The van der Waals surface area contributed by atoms with E-state index in [0.717, 1.165) is 0 Å². The van der Waals surface area contributed by atoms with E-state index in [9.17, 15) is 19.2 Å². The van der Waals surface area contributed by atoms with Gasteiger partial charge in [-0.05, 0) is 27.7 Å². The van der Waals surface area contributed by atoms with Gasteiger partial charge in [-0.3, -0.25) is 14.4 Å². The summed E-state index contributed by atoms with van der Waals surface area (Å²) in [6.07, 6.45) is 1.47. The first-order valence-corrected chi connectivity index (χ1v) is 7.67. The van der Waals surface area contributed by atoms with Gasteiger partial charge in [0.15, 0.2) is 0 Å². The lowest BCUT2D eigenvalue weighted by Gasteiger charge is -2.10. The molecule has 0 aliphatic carbocycles. The van der Waals surface area contributed by atoms with Crippen molar-refractivity contribution in [1.29, 1.82) is 0 Å². The lowest BCUT2D eigenvalue weighted by Crippen LogP contribution is -2.32. The van der Waals surface area contributed by atoms with Crippen molar-refractivity contribution >= 4 is 23.8 Å². The Bertz CT molecular complexity index is 466. The lowest BCUT2D eigenvalue weighted by molar-refractivity contribution is -0.143. The molecule has 0 bridgehead atoms. The van der Waals surface area contributed by atoms with Crippen molar-refractivity contribution in [3.63, 3.8) is 0 Å². The Morgan fingerprint density at radius 1 is 1.00 bits per heavy atom. The Hall–Kier alpha value is -2.38.